The molecule has 0 aliphatic heterocycles. The van der Waals surface area contributed by atoms with Gasteiger partial charge in [0, 0.05) is 10.8 Å². The molecule has 0 heterocycles. The zero-order chi connectivity index (χ0) is 32.5. The van der Waals surface area contributed by atoms with E-state index < -0.39 is 0 Å². The second-order valence-electron chi connectivity index (χ2n) is 12.0. The molecule has 49 heavy (non-hydrogen) atoms. The Kier molecular flexibility index (Phi) is 10.7. The van der Waals surface area contributed by atoms with Gasteiger partial charge >= 0.3 is 17.1 Å². The van der Waals surface area contributed by atoms with Gasteiger partial charge in [-0.05, 0) is 33.4 Å². The van der Waals surface area contributed by atoms with E-state index in [9.17, 15) is 0 Å². The summed E-state index contributed by atoms with van der Waals surface area (Å²) in [4.78, 5) is 0. The summed E-state index contributed by atoms with van der Waals surface area (Å²) in [6, 6.07) is 82.1. The van der Waals surface area contributed by atoms with Crippen molar-refractivity contribution in [2.45, 2.75) is 10.8 Å². The van der Waals surface area contributed by atoms with Crippen molar-refractivity contribution in [1.82, 2.24) is 0 Å². The fourth-order valence-electron chi connectivity index (χ4n) is 7.38. The van der Waals surface area contributed by atoms with Crippen molar-refractivity contribution in [3.63, 3.8) is 0 Å². The van der Waals surface area contributed by atoms with Crippen LogP contribution in [-0.4, -0.2) is 0 Å². The molecule has 0 radical (unpaired) electrons. The van der Waals surface area contributed by atoms with Crippen LogP contribution in [0.3, 0.4) is 0 Å². The minimum atomic E-state index is -0.298. The van der Waals surface area contributed by atoms with Crippen molar-refractivity contribution < 1.29 is 17.1 Å². The summed E-state index contributed by atoms with van der Waals surface area (Å²) in [7, 11) is 0. The van der Waals surface area contributed by atoms with Gasteiger partial charge in [0.25, 0.3) is 0 Å². The van der Waals surface area contributed by atoms with E-state index in [1.807, 2.05) is 0 Å². The number of hydrogen-bond acceptors (Lipinski definition) is 0. The van der Waals surface area contributed by atoms with Crippen LogP contribution >= 0.6 is 0 Å². The molecular weight excluding hydrogens is 632 g/mol. The van der Waals surface area contributed by atoms with Gasteiger partial charge in [-0.3, -0.25) is 0 Å². The van der Waals surface area contributed by atoms with Crippen LogP contribution in [0.5, 0.6) is 0 Å². The first-order valence-electron chi connectivity index (χ1n) is 16.6. The van der Waals surface area contributed by atoms with E-state index in [4.69, 9.17) is 0 Å². The molecule has 8 rings (SSSR count). The fraction of sp³-hybridized carbons (Fsp3) is 0.0417. The standard InChI is InChI=1S/2C24H19.Fe/c2*1-4-12-20(13-5-1)24(23-18-10-11-19-23,21-14-6-2-7-15-21)22-16-8-3-9-17-22;/h2*1-19H;/q2*-1;+2. The molecule has 8 aromatic carbocycles. The van der Waals surface area contributed by atoms with E-state index >= 15 is 0 Å². The van der Waals surface area contributed by atoms with Gasteiger partial charge in [0.2, 0.25) is 0 Å². The Morgan fingerprint density at radius 2 is 0.449 bits per heavy atom. The molecule has 0 unspecified atom stereocenters. The van der Waals surface area contributed by atoms with Gasteiger partial charge in [-0.15, -0.1) is 11.1 Å². The van der Waals surface area contributed by atoms with Crippen molar-refractivity contribution in [2.75, 3.05) is 0 Å². The SMILES string of the molecule is [Fe+2].c1ccc(C(c2ccccc2)(c2ccccc2)c2ccc[cH-]2)cc1.c1ccc(C(c2ccccc2)(c2ccccc2)c2ccc[cH-]2)cc1. The van der Waals surface area contributed by atoms with Crippen LogP contribution in [0.2, 0.25) is 0 Å². The van der Waals surface area contributed by atoms with Gasteiger partial charge in [-0.2, -0.15) is 24.3 Å². The Hall–Kier alpha value is -5.46. The summed E-state index contributed by atoms with van der Waals surface area (Å²) in [5.41, 5.74) is 9.71. The van der Waals surface area contributed by atoms with Crippen molar-refractivity contribution in [1.29, 1.82) is 0 Å². The molecule has 0 saturated carbocycles. The third kappa shape index (κ3) is 6.40. The number of rotatable bonds is 8. The number of hydrogen-bond donors (Lipinski definition) is 0. The maximum atomic E-state index is 2.23. The molecule has 8 aromatic rings. The minimum absolute atomic E-state index is 0. The van der Waals surface area contributed by atoms with Gasteiger partial charge in [-0.25, -0.2) is 24.3 Å². The normalized spacial score (nSPS) is 11.1. The van der Waals surface area contributed by atoms with Crippen LogP contribution < -0.4 is 0 Å². The van der Waals surface area contributed by atoms with E-state index in [0.717, 1.165) is 0 Å². The molecule has 0 bridgehead atoms. The average Bonchev–Trinajstić information content (AvgIpc) is 3.92. The Bertz CT molecular complexity index is 1720. The quantitative estimate of drug-likeness (QED) is 0.0858. The van der Waals surface area contributed by atoms with Crippen molar-refractivity contribution in [3.8, 4) is 0 Å². The van der Waals surface area contributed by atoms with Crippen molar-refractivity contribution in [2.24, 2.45) is 0 Å². The molecule has 0 fully saturated rings. The average molecular weight is 671 g/mol. The molecule has 1 heteroatoms. The summed E-state index contributed by atoms with van der Waals surface area (Å²) in [6.07, 6.45) is 0. The Balaban J connectivity index is 0.000000167. The third-order valence-corrected chi connectivity index (χ3v) is 9.43. The monoisotopic (exact) mass is 670 g/mol. The van der Waals surface area contributed by atoms with Gasteiger partial charge in [-0.1, -0.05) is 182 Å². The summed E-state index contributed by atoms with van der Waals surface area (Å²) in [6.45, 7) is 0. The van der Waals surface area contributed by atoms with Gasteiger partial charge in [0.05, 0.1) is 0 Å². The first kappa shape index (κ1) is 33.4. The van der Waals surface area contributed by atoms with Crippen molar-refractivity contribution >= 4 is 0 Å². The van der Waals surface area contributed by atoms with E-state index in [1.54, 1.807) is 0 Å². The minimum Gasteiger partial charge on any atom is -0.213 e. The number of benzene rings is 6. The summed E-state index contributed by atoms with van der Waals surface area (Å²) < 4.78 is 0. The van der Waals surface area contributed by atoms with Crippen molar-refractivity contribution in [3.05, 3.63) is 275 Å². The predicted octanol–water partition coefficient (Wildman–Crippen LogP) is 11.6. The van der Waals surface area contributed by atoms with E-state index in [1.165, 1.54) is 44.5 Å². The first-order chi connectivity index (χ1) is 23.8. The van der Waals surface area contributed by atoms with Crippen LogP contribution in [0.4, 0.5) is 0 Å². The molecule has 0 aliphatic rings. The van der Waals surface area contributed by atoms with E-state index in [0.29, 0.717) is 0 Å². The molecule has 0 N–H and O–H groups in total. The Morgan fingerprint density at radius 1 is 0.245 bits per heavy atom. The topological polar surface area (TPSA) is 0 Å². The smallest absolute Gasteiger partial charge is 0.213 e. The maximum Gasteiger partial charge on any atom is 2.00 e. The van der Waals surface area contributed by atoms with Gasteiger partial charge < -0.3 is 0 Å². The molecule has 0 nitrogen and oxygen atoms in total. The van der Waals surface area contributed by atoms with Crippen LogP contribution in [0.1, 0.15) is 44.5 Å². The zero-order valence-electron chi connectivity index (χ0n) is 27.3. The Morgan fingerprint density at radius 3 is 0.612 bits per heavy atom. The van der Waals surface area contributed by atoms with Gasteiger partial charge in [0.15, 0.2) is 0 Å². The van der Waals surface area contributed by atoms with Crippen LogP contribution in [0, 0.1) is 0 Å². The maximum absolute atomic E-state index is 2.23. The third-order valence-electron chi connectivity index (χ3n) is 9.43. The summed E-state index contributed by atoms with van der Waals surface area (Å²) in [5, 5.41) is 0. The molecule has 0 spiro atoms. The summed E-state index contributed by atoms with van der Waals surface area (Å²) in [5.74, 6) is 0. The van der Waals surface area contributed by atoms with E-state index in [-0.39, 0.29) is 27.9 Å². The molecule has 0 saturated heterocycles. The molecule has 0 amide bonds. The van der Waals surface area contributed by atoms with Crippen LogP contribution in [0.15, 0.2) is 231 Å². The molecule has 0 atom stereocenters. The van der Waals surface area contributed by atoms with Crippen LogP contribution in [0.25, 0.3) is 0 Å². The zero-order valence-corrected chi connectivity index (χ0v) is 28.4. The first-order valence-corrected chi connectivity index (χ1v) is 16.6. The second-order valence-corrected chi connectivity index (χ2v) is 12.0. The molecule has 0 aromatic heterocycles. The fourth-order valence-corrected chi connectivity index (χ4v) is 7.38. The second kappa shape index (κ2) is 15.6. The Labute approximate surface area is 301 Å². The van der Waals surface area contributed by atoms with E-state index in [2.05, 4.69) is 231 Å². The van der Waals surface area contributed by atoms with Crippen LogP contribution in [-0.2, 0) is 27.9 Å². The summed E-state index contributed by atoms with van der Waals surface area (Å²) >= 11 is 0. The largest absolute Gasteiger partial charge is 2.00 e. The molecule has 0 aliphatic carbocycles. The predicted molar refractivity (Wildman–Crippen MR) is 201 cm³/mol. The molecular formula is C48H38Fe. The van der Waals surface area contributed by atoms with Gasteiger partial charge in [0.1, 0.15) is 0 Å². The molecule has 238 valence electrons.